The number of nitrogens with zero attached hydrogens (tertiary/aromatic N) is 1. The number of carbonyl (C=O) groups excluding carboxylic acids is 1. The molecule has 0 aromatic rings. The van der Waals surface area contributed by atoms with Crippen molar-refractivity contribution >= 4 is 23.1 Å². The third-order valence-corrected chi connectivity index (χ3v) is 2.85. The molecule has 0 radical (unpaired) electrons. The minimum Gasteiger partial charge on any atom is -0.392 e. The molecular weight excluding hydrogens is 196 g/mol. The quantitative estimate of drug-likeness (QED) is 0.709. The first-order valence-electron chi connectivity index (χ1n) is 4.89. The van der Waals surface area contributed by atoms with E-state index >= 15 is 0 Å². The zero-order valence-corrected chi connectivity index (χ0v) is 10.3. The number of rotatable bonds is 5. The topological polar surface area (TPSA) is 46.3 Å². The first-order chi connectivity index (χ1) is 6.34. The lowest BCUT2D eigenvalue weighted by molar-refractivity contribution is -0.135. The van der Waals surface area contributed by atoms with Crippen LogP contribution >= 0.6 is 12.2 Å². The molecule has 0 rings (SSSR count). The van der Waals surface area contributed by atoms with E-state index in [4.69, 9.17) is 18.0 Å². The average Bonchev–Trinajstić information content (AvgIpc) is 2.12. The largest absolute Gasteiger partial charge is 0.392 e. The van der Waals surface area contributed by atoms with Crippen LogP contribution in [0.5, 0.6) is 0 Å². The predicted molar refractivity (Wildman–Crippen MR) is 63.1 cm³/mol. The van der Waals surface area contributed by atoms with Gasteiger partial charge < -0.3 is 10.6 Å². The van der Waals surface area contributed by atoms with Gasteiger partial charge in [-0.05, 0) is 20.3 Å². The summed E-state index contributed by atoms with van der Waals surface area (Å²) in [5.74, 6) is -0.00144. The van der Waals surface area contributed by atoms with Gasteiger partial charge in [0.25, 0.3) is 0 Å². The van der Waals surface area contributed by atoms with Gasteiger partial charge >= 0.3 is 0 Å². The van der Waals surface area contributed by atoms with Crippen molar-refractivity contribution in [2.24, 2.45) is 11.1 Å². The van der Waals surface area contributed by atoms with Crippen molar-refractivity contribution in [1.29, 1.82) is 0 Å². The highest BCUT2D eigenvalue weighted by atomic mass is 32.1. The Morgan fingerprint density at radius 2 is 2.00 bits per heavy atom. The molecule has 0 unspecified atom stereocenters. The van der Waals surface area contributed by atoms with Crippen LogP contribution in [0, 0.1) is 5.41 Å². The molecule has 0 saturated heterocycles. The second-order valence-corrected chi connectivity index (χ2v) is 4.51. The van der Waals surface area contributed by atoms with E-state index < -0.39 is 5.41 Å². The maximum atomic E-state index is 11.9. The number of nitrogens with two attached hydrogens (primary N) is 1. The molecule has 0 atom stereocenters. The molecule has 0 aromatic heterocycles. The number of carbonyl (C=O) groups is 1. The van der Waals surface area contributed by atoms with Crippen molar-refractivity contribution in [1.82, 2.24) is 4.90 Å². The molecule has 2 N–H and O–H groups in total. The van der Waals surface area contributed by atoms with Crippen LogP contribution in [0.2, 0.25) is 0 Å². The van der Waals surface area contributed by atoms with Gasteiger partial charge in [0, 0.05) is 13.6 Å². The number of unbranched alkanes of at least 4 members (excludes halogenated alkanes) is 1. The zero-order valence-electron chi connectivity index (χ0n) is 9.46. The molecule has 0 bridgehead atoms. The van der Waals surface area contributed by atoms with E-state index in [1.54, 1.807) is 25.8 Å². The summed E-state index contributed by atoms with van der Waals surface area (Å²) in [5.41, 5.74) is 4.80. The fourth-order valence-corrected chi connectivity index (χ4v) is 1.17. The molecule has 0 fully saturated rings. The van der Waals surface area contributed by atoms with Crippen molar-refractivity contribution in [2.75, 3.05) is 13.6 Å². The standard InChI is InChI=1S/C10H20N2OS/c1-5-6-7-12(4)9(13)10(2,3)8(11)14/h5-7H2,1-4H3,(H2,11,14). The molecule has 0 aromatic carbocycles. The second kappa shape index (κ2) is 5.29. The average molecular weight is 216 g/mol. The van der Waals surface area contributed by atoms with Gasteiger partial charge in [0.1, 0.15) is 0 Å². The van der Waals surface area contributed by atoms with Gasteiger partial charge in [-0.25, -0.2) is 0 Å². The number of hydrogen-bond donors (Lipinski definition) is 1. The first-order valence-corrected chi connectivity index (χ1v) is 5.30. The number of hydrogen-bond acceptors (Lipinski definition) is 2. The Balaban J connectivity index is 4.38. The van der Waals surface area contributed by atoms with Gasteiger partial charge in [0.2, 0.25) is 5.91 Å². The monoisotopic (exact) mass is 216 g/mol. The van der Waals surface area contributed by atoms with Gasteiger partial charge in [-0.3, -0.25) is 4.79 Å². The van der Waals surface area contributed by atoms with E-state index in [1.807, 2.05) is 0 Å². The molecule has 1 amide bonds. The van der Waals surface area contributed by atoms with Crippen molar-refractivity contribution < 1.29 is 4.79 Å². The van der Waals surface area contributed by atoms with Crippen molar-refractivity contribution in [3.8, 4) is 0 Å². The predicted octanol–water partition coefficient (Wildman–Crippen LogP) is 1.56. The Hall–Kier alpha value is -0.640. The van der Waals surface area contributed by atoms with Crippen LogP contribution in [-0.4, -0.2) is 29.4 Å². The van der Waals surface area contributed by atoms with Gasteiger partial charge in [0.15, 0.2) is 0 Å². The summed E-state index contributed by atoms with van der Waals surface area (Å²) in [7, 11) is 1.79. The van der Waals surface area contributed by atoms with Crippen molar-refractivity contribution in [2.45, 2.75) is 33.6 Å². The molecule has 4 heteroatoms. The maximum Gasteiger partial charge on any atom is 0.234 e. The Bertz CT molecular complexity index is 226. The maximum absolute atomic E-state index is 11.9. The molecule has 0 aliphatic rings. The van der Waals surface area contributed by atoms with Crippen molar-refractivity contribution in [3.05, 3.63) is 0 Å². The molecule has 0 aliphatic heterocycles. The smallest absolute Gasteiger partial charge is 0.234 e. The summed E-state index contributed by atoms with van der Waals surface area (Å²) in [4.78, 5) is 13.8. The summed E-state index contributed by atoms with van der Waals surface area (Å²) in [6.45, 7) is 6.39. The van der Waals surface area contributed by atoms with E-state index in [0.29, 0.717) is 0 Å². The zero-order chi connectivity index (χ0) is 11.4. The third-order valence-electron chi connectivity index (χ3n) is 2.34. The van der Waals surface area contributed by atoms with Gasteiger partial charge in [-0.1, -0.05) is 25.6 Å². The fourth-order valence-electron chi connectivity index (χ4n) is 1.08. The van der Waals surface area contributed by atoms with E-state index in [-0.39, 0.29) is 10.9 Å². The summed E-state index contributed by atoms with van der Waals surface area (Å²) in [6, 6.07) is 0. The van der Waals surface area contributed by atoms with Crippen LogP contribution in [0.25, 0.3) is 0 Å². The van der Waals surface area contributed by atoms with Crippen LogP contribution < -0.4 is 5.73 Å². The van der Waals surface area contributed by atoms with Gasteiger partial charge in [0.05, 0.1) is 10.4 Å². The Kier molecular flexibility index (Phi) is 5.05. The van der Waals surface area contributed by atoms with Gasteiger partial charge in [-0.15, -0.1) is 0 Å². The normalized spacial score (nSPS) is 11.1. The summed E-state index contributed by atoms with van der Waals surface area (Å²) < 4.78 is 0. The van der Waals surface area contributed by atoms with Crippen LogP contribution in [0.3, 0.4) is 0 Å². The fraction of sp³-hybridized carbons (Fsp3) is 0.800. The highest BCUT2D eigenvalue weighted by molar-refractivity contribution is 7.80. The Morgan fingerprint density at radius 1 is 1.50 bits per heavy atom. The molecular formula is C10H20N2OS. The molecule has 82 valence electrons. The second-order valence-electron chi connectivity index (χ2n) is 4.07. The van der Waals surface area contributed by atoms with E-state index in [9.17, 15) is 4.79 Å². The summed E-state index contributed by atoms with van der Waals surface area (Å²) in [5, 5.41) is 0. The van der Waals surface area contributed by atoms with E-state index in [0.717, 1.165) is 19.4 Å². The van der Waals surface area contributed by atoms with Crippen LogP contribution in [-0.2, 0) is 4.79 Å². The first kappa shape index (κ1) is 13.4. The minimum atomic E-state index is -0.724. The van der Waals surface area contributed by atoms with E-state index in [2.05, 4.69) is 6.92 Å². The SMILES string of the molecule is CCCCN(C)C(=O)C(C)(C)C(N)=S. The Morgan fingerprint density at radius 3 is 2.36 bits per heavy atom. The van der Waals surface area contributed by atoms with Crippen LogP contribution in [0.15, 0.2) is 0 Å². The van der Waals surface area contributed by atoms with Crippen LogP contribution in [0.4, 0.5) is 0 Å². The highest BCUT2D eigenvalue weighted by Crippen LogP contribution is 2.18. The lowest BCUT2D eigenvalue weighted by Crippen LogP contribution is -2.45. The van der Waals surface area contributed by atoms with E-state index in [1.165, 1.54) is 0 Å². The molecule has 0 spiro atoms. The lowest BCUT2D eigenvalue weighted by atomic mass is 9.91. The molecule has 0 heterocycles. The number of thiocarbonyl (C=S) groups is 1. The minimum absolute atomic E-state index is 0.00144. The summed E-state index contributed by atoms with van der Waals surface area (Å²) in [6.07, 6.45) is 2.08. The van der Waals surface area contributed by atoms with Crippen LogP contribution in [0.1, 0.15) is 33.6 Å². The molecule has 3 nitrogen and oxygen atoms in total. The highest BCUT2D eigenvalue weighted by Gasteiger charge is 2.33. The molecule has 14 heavy (non-hydrogen) atoms. The third kappa shape index (κ3) is 3.25. The van der Waals surface area contributed by atoms with Gasteiger partial charge in [-0.2, -0.15) is 0 Å². The number of amides is 1. The summed E-state index contributed by atoms with van der Waals surface area (Å²) >= 11 is 4.87. The molecule has 0 aliphatic carbocycles. The lowest BCUT2D eigenvalue weighted by Gasteiger charge is -2.28. The Labute approximate surface area is 91.6 Å². The van der Waals surface area contributed by atoms with Crippen molar-refractivity contribution in [3.63, 3.8) is 0 Å². The molecule has 0 saturated carbocycles.